The molecular weight excluding hydrogens is 202 g/mol. The van der Waals surface area contributed by atoms with E-state index in [1.165, 1.54) is 0 Å². The van der Waals surface area contributed by atoms with Gasteiger partial charge in [0.05, 0.1) is 0 Å². The summed E-state index contributed by atoms with van der Waals surface area (Å²) in [5, 5.41) is 8.82. The second kappa shape index (κ2) is 7.33. The second-order valence-electron chi connectivity index (χ2n) is 3.11. The third-order valence-electron chi connectivity index (χ3n) is 2.34. The first-order valence-corrected chi connectivity index (χ1v) is 6.57. The van der Waals surface area contributed by atoms with Crippen molar-refractivity contribution in [1.29, 1.82) is 0 Å². The molecule has 1 unspecified atom stereocenters. The number of hydrogen-bond donors (Lipinski definition) is 2. The lowest BCUT2D eigenvalue weighted by Gasteiger charge is -2.27. The predicted octanol–water partition coefficient (Wildman–Crippen LogP) is -0.178. The van der Waals surface area contributed by atoms with Crippen LogP contribution < -0.4 is 5.73 Å². The van der Waals surface area contributed by atoms with Gasteiger partial charge in [0.2, 0.25) is 0 Å². The Morgan fingerprint density at radius 2 is 1.71 bits per heavy atom. The molecule has 0 amide bonds. The van der Waals surface area contributed by atoms with Crippen LogP contribution in [0.4, 0.5) is 0 Å². The molecule has 0 saturated heterocycles. The number of hydrogen-bond acceptors (Lipinski definition) is 5. The highest BCUT2D eigenvalue weighted by Crippen LogP contribution is 2.20. The minimum Gasteiger partial charge on any atom is -0.396 e. The molecule has 0 aromatic heterocycles. The summed E-state index contributed by atoms with van der Waals surface area (Å²) in [6.07, 6.45) is 0.654. The summed E-state index contributed by atoms with van der Waals surface area (Å²) >= 11 is 0. The SMILES string of the molecule is CO[Si](CC(CN)CCO)(OC)OC. The fraction of sp³-hybridized carbons (Fsp3) is 1.00. The summed E-state index contributed by atoms with van der Waals surface area (Å²) in [6, 6.07) is 0.646. The lowest BCUT2D eigenvalue weighted by Crippen LogP contribution is -2.45. The Bertz CT molecular complexity index is 135. The maximum absolute atomic E-state index is 8.82. The van der Waals surface area contributed by atoms with Gasteiger partial charge in [-0.05, 0) is 18.9 Å². The standard InChI is InChI=1S/C8H21NO4Si/c1-11-14(12-2,13-3)7-8(6-9)4-5-10/h8,10H,4-7,9H2,1-3H3. The fourth-order valence-corrected chi connectivity index (χ4v) is 3.42. The molecule has 5 nitrogen and oxygen atoms in total. The lowest BCUT2D eigenvalue weighted by atomic mass is 10.1. The summed E-state index contributed by atoms with van der Waals surface area (Å²) in [4.78, 5) is 0. The van der Waals surface area contributed by atoms with E-state index < -0.39 is 8.80 Å². The van der Waals surface area contributed by atoms with Crippen LogP contribution in [-0.2, 0) is 13.3 Å². The van der Waals surface area contributed by atoms with E-state index in [0.29, 0.717) is 19.0 Å². The van der Waals surface area contributed by atoms with Gasteiger partial charge in [-0.2, -0.15) is 0 Å². The van der Waals surface area contributed by atoms with Gasteiger partial charge in [0.1, 0.15) is 0 Å². The highest BCUT2D eigenvalue weighted by atomic mass is 28.4. The van der Waals surface area contributed by atoms with E-state index in [1.54, 1.807) is 21.3 Å². The molecule has 0 bridgehead atoms. The van der Waals surface area contributed by atoms with Crippen molar-refractivity contribution in [3.63, 3.8) is 0 Å². The van der Waals surface area contributed by atoms with Crippen LogP contribution in [0, 0.1) is 5.92 Å². The van der Waals surface area contributed by atoms with Gasteiger partial charge in [0, 0.05) is 34.0 Å². The molecule has 0 spiro atoms. The molecule has 0 radical (unpaired) electrons. The van der Waals surface area contributed by atoms with Crippen LogP contribution in [-0.4, -0.2) is 48.4 Å². The molecule has 0 rings (SSSR count). The van der Waals surface area contributed by atoms with Crippen molar-refractivity contribution < 1.29 is 18.4 Å². The summed E-state index contributed by atoms with van der Waals surface area (Å²) in [7, 11) is 2.20. The van der Waals surface area contributed by atoms with E-state index in [-0.39, 0.29) is 12.5 Å². The number of rotatable bonds is 8. The van der Waals surface area contributed by atoms with Crippen molar-refractivity contribution >= 4 is 8.80 Å². The van der Waals surface area contributed by atoms with Crippen molar-refractivity contribution in [2.24, 2.45) is 11.7 Å². The average Bonchev–Trinajstić information content (AvgIpc) is 2.25. The highest BCUT2D eigenvalue weighted by molar-refractivity contribution is 6.60. The molecule has 0 aliphatic carbocycles. The Hall–Kier alpha value is 0.0169. The van der Waals surface area contributed by atoms with Crippen LogP contribution in [0.1, 0.15) is 6.42 Å². The second-order valence-corrected chi connectivity index (χ2v) is 6.11. The predicted molar refractivity (Wildman–Crippen MR) is 55.8 cm³/mol. The minimum atomic E-state index is -2.53. The summed E-state index contributed by atoms with van der Waals surface area (Å²) in [5.41, 5.74) is 5.57. The molecule has 0 saturated carbocycles. The molecule has 0 heterocycles. The van der Waals surface area contributed by atoms with Crippen molar-refractivity contribution in [2.45, 2.75) is 12.5 Å². The molecule has 14 heavy (non-hydrogen) atoms. The van der Waals surface area contributed by atoms with Gasteiger partial charge in [-0.25, -0.2) is 0 Å². The van der Waals surface area contributed by atoms with Gasteiger partial charge in [-0.1, -0.05) is 0 Å². The molecule has 0 aromatic rings. The van der Waals surface area contributed by atoms with Crippen LogP contribution in [0.2, 0.25) is 6.04 Å². The van der Waals surface area contributed by atoms with E-state index in [9.17, 15) is 0 Å². The normalized spacial score (nSPS) is 14.4. The Balaban J connectivity index is 4.24. The first kappa shape index (κ1) is 14.0. The Morgan fingerprint density at radius 1 is 1.21 bits per heavy atom. The van der Waals surface area contributed by atoms with Crippen molar-refractivity contribution in [3.8, 4) is 0 Å². The molecule has 1 atom stereocenters. The van der Waals surface area contributed by atoms with E-state index >= 15 is 0 Å². The lowest BCUT2D eigenvalue weighted by molar-refractivity contribution is 0.116. The van der Waals surface area contributed by atoms with Crippen molar-refractivity contribution in [2.75, 3.05) is 34.5 Å². The van der Waals surface area contributed by atoms with E-state index in [4.69, 9.17) is 24.1 Å². The number of aliphatic hydroxyl groups is 1. The molecule has 6 heteroatoms. The third kappa shape index (κ3) is 4.03. The number of aliphatic hydroxyl groups excluding tert-OH is 1. The fourth-order valence-electron chi connectivity index (χ4n) is 1.34. The summed E-state index contributed by atoms with van der Waals surface area (Å²) < 4.78 is 15.8. The van der Waals surface area contributed by atoms with Gasteiger partial charge < -0.3 is 24.1 Å². The molecule has 0 fully saturated rings. The van der Waals surface area contributed by atoms with E-state index in [2.05, 4.69) is 0 Å². The van der Waals surface area contributed by atoms with Crippen LogP contribution >= 0.6 is 0 Å². The smallest absolute Gasteiger partial charge is 0.396 e. The average molecular weight is 223 g/mol. The van der Waals surface area contributed by atoms with Crippen molar-refractivity contribution in [3.05, 3.63) is 0 Å². The molecule has 0 aromatic carbocycles. The van der Waals surface area contributed by atoms with Gasteiger partial charge in [0.15, 0.2) is 0 Å². The summed E-state index contributed by atoms with van der Waals surface area (Å²) in [5.74, 6) is 0.187. The van der Waals surface area contributed by atoms with Gasteiger partial charge in [-0.3, -0.25) is 0 Å². The van der Waals surface area contributed by atoms with Crippen LogP contribution in [0.25, 0.3) is 0 Å². The van der Waals surface area contributed by atoms with E-state index in [1.807, 2.05) is 0 Å². The van der Waals surface area contributed by atoms with Gasteiger partial charge in [0.25, 0.3) is 0 Å². The Morgan fingerprint density at radius 3 is 2.00 bits per heavy atom. The molecule has 3 N–H and O–H groups in total. The van der Waals surface area contributed by atoms with Crippen molar-refractivity contribution in [1.82, 2.24) is 0 Å². The zero-order valence-corrected chi connectivity index (χ0v) is 10.2. The maximum atomic E-state index is 8.82. The minimum absolute atomic E-state index is 0.128. The zero-order valence-electron chi connectivity index (χ0n) is 9.16. The molecule has 86 valence electrons. The van der Waals surface area contributed by atoms with Crippen LogP contribution in [0.5, 0.6) is 0 Å². The zero-order chi connectivity index (χ0) is 11.0. The molecular formula is C8H21NO4Si. The van der Waals surface area contributed by atoms with Crippen LogP contribution in [0.3, 0.4) is 0 Å². The Labute approximate surface area is 86.5 Å². The molecule has 0 aliphatic rings. The number of nitrogens with two attached hydrogens (primary N) is 1. The largest absolute Gasteiger partial charge is 0.500 e. The summed E-state index contributed by atoms with van der Waals surface area (Å²) in [6.45, 7) is 0.634. The first-order valence-electron chi connectivity index (χ1n) is 4.64. The third-order valence-corrected chi connectivity index (χ3v) is 5.29. The van der Waals surface area contributed by atoms with E-state index in [0.717, 1.165) is 0 Å². The topological polar surface area (TPSA) is 73.9 Å². The van der Waals surface area contributed by atoms with Crippen LogP contribution in [0.15, 0.2) is 0 Å². The quantitative estimate of drug-likeness (QED) is 0.559. The Kier molecular flexibility index (Phi) is 7.34. The van der Waals surface area contributed by atoms with Gasteiger partial charge >= 0.3 is 8.80 Å². The first-order chi connectivity index (χ1) is 6.67. The van der Waals surface area contributed by atoms with Gasteiger partial charge in [-0.15, -0.1) is 0 Å². The monoisotopic (exact) mass is 223 g/mol. The molecule has 0 aliphatic heterocycles. The highest BCUT2D eigenvalue weighted by Gasteiger charge is 2.39. The maximum Gasteiger partial charge on any atom is 0.500 e.